The minimum absolute atomic E-state index is 0.0691. The van der Waals surface area contributed by atoms with Crippen LogP contribution in [-0.2, 0) is 0 Å². The van der Waals surface area contributed by atoms with Crippen LogP contribution in [0.4, 0.5) is 0 Å². The third kappa shape index (κ3) is 3.59. The van der Waals surface area contributed by atoms with E-state index in [9.17, 15) is 4.79 Å². The van der Waals surface area contributed by atoms with Crippen LogP contribution in [0.5, 0.6) is 0 Å². The molecule has 1 fully saturated rings. The van der Waals surface area contributed by atoms with Crippen LogP contribution in [0.25, 0.3) is 11.4 Å². The molecule has 0 aliphatic heterocycles. The van der Waals surface area contributed by atoms with Crippen LogP contribution in [0.15, 0.2) is 55.2 Å². The first-order valence-corrected chi connectivity index (χ1v) is 8.66. The molecule has 1 saturated carbocycles. The molecule has 1 atom stereocenters. The molecular weight excluding hydrogens is 326 g/mol. The molecule has 3 heterocycles. The molecule has 0 radical (unpaired) electrons. The summed E-state index contributed by atoms with van der Waals surface area (Å²) in [6.45, 7) is 2.03. The van der Waals surface area contributed by atoms with E-state index in [2.05, 4.69) is 25.3 Å². The zero-order valence-corrected chi connectivity index (χ0v) is 14.5. The van der Waals surface area contributed by atoms with Crippen molar-refractivity contribution in [3.05, 3.63) is 72.1 Å². The Morgan fingerprint density at radius 2 is 1.92 bits per heavy atom. The molecule has 6 nitrogen and oxygen atoms in total. The van der Waals surface area contributed by atoms with Gasteiger partial charge >= 0.3 is 0 Å². The molecule has 1 N–H and O–H groups in total. The highest BCUT2D eigenvalue weighted by atomic mass is 16.1. The lowest BCUT2D eigenvalue weighted by Crippen LogP contribution is -2.30. The highest BCUT2D eigenvalue weighted by Gasteiger charge is 2.34. The molecule has 1 aliphatic carbocycles. The van der Waals surface area contributed by atoms with Gasteiger partial charge in [0.15, 0.2) is 5.82 Å². The van der Waals surface area contributed by atoms with Gasteiger partial charge in [-0.1, -0.05) is 0 Å². The topological polar surface area (TPSA) is 80.7 Å². The Bertz CT molecular complexity index is 907. The summed E-state index contributed by atoms with van der Waals surface area (Å²) < 4.78 is 0. The zero-order valence-electron chi connectivity index (χ0n) is 14.5. The van der Waals surface area contributed by atoms with E-state index in [-0.39, 0.29) is 11.9 Å². The predicted octanol–water partition coefficient (Wildman–Crippen LogP) is 3.12. The molecule has 130 valence electrons. The number of nitrogens with zero attached hydrogens (tertiary/aromatic N) is 4. The first-order chi connectivity index (χ1) is 12.7. The van der Waals surface area contributed by atoms with Gasteiger partial charge in [-0.2, -0.15) is 0 Å². The third-order valence-corrected chi connectivity index (χ3v) is 4.47. The molecule has 0 bridgehead atoms. The van der Waals surface area contributed by atoms with Crippen LogP contribution in [-0.4, -0.2) is 25.8 Å². The number of aromatic nitrogens is 4. The summed E-state index contributed by atoms with van der Waals surface area (Å²) >= 11 is 0. The molecule has 26 heavy (non-hydrogen) atoms. The maximum Gasteiger partial charge on any atom is 0.254 e. The van der Waals surface area contributed by atoms with Crippen molar-refractivity contribution in [2.75, 3.05) is 0 Å². The van der Waals surface area contributed by atoms with Crippen molar-refractivity contribution in [2.45, 2.75) is 25.8 Å². The van der Waals surface area contributed by atoms with Gasteiger partial charge in [0, 0.05) is 36.5 Å². The number of rotatable bonds is 5. The average molecular weight is 345 g/mol. The summed E-state index contributed by atoms with van der Waals surface area (Å²) in [5.74, 6) is 0.820. The lowest BCUT2D eigenvalue weighted by atomic mass is 10.1. The Labute approximate surface area is 151 Å². The molecule has 1 aliphatic rings. The van der Waals surface area contributed by atoms with Crippen LogP contribution in [0.2, 0.25) is 0 Å². The second-order valence-corrected chi connectivity index (χ2v) is 6.58. The smallest absolute Gasteiger partial charge is 0.254 e. The van der Waals surface area contributed by atoms with E-state index in [1.54, 1.807) is 31.0 Å². The van der Waals surface area contributed by atoms with Gasteiger partial charge in [-0.15, -0.1) is 0 Å². The normalized spacial score (nSPS) is 14.7. The van der Waals surface area contributed by atoms with Gasteiger partial charge in [0.2, 0.25) is 0 Å². The minimum atomic E-state index is -0.178. The van der Waals surface area contributed by atoms with Crippen molar-refractivity contribution in [3.8, 4) is 11.4 Å². The van der Waals surface area contributed by atoms with Crippen LogP contribution >= 0.6 is 0 Å². The predicted molar refractivity (Wildman–Crippen MR) is 97.2 cm³/mol. The zero-order chi connectivity index (χ0) is 17.9. The maximum absolute atomic E-state index is 12.7. The highest BCUT2D eigenvalue weighted by molar-refractivity contribution is 5.94. The van der Waals surface area contributed by atoms with Gasteiger partial charge in [0.05, 0.1) is 17.3 Å². The number of carbonyl (C=O) groups is 1. The van der Waals surface area contributed by atoms with Gasteiger partial charge in [0.1, 0.15) is 0 Å². The van der Waals surface area contributed by atoms with Crippen LogP contribution in [0, 0.1) is 12.8 Å². The number of hydrogen-bond acceptors (Lipinski definition) is 5. The first-order valence-electron chi connectivity index (χ1n) is 8.66. The second-order valence-electron chi connectivity index (χ2n) is 6.58. The van der Waals surface area contributed by atoms with E-state index >= 15 is 0 Å². The van der Waals surface area contributed by atoms with E-state index in [4.69, 9.17) is 0 Å². The standard InChI is InChI=1S/C20H19N5O/c1-13-6-8-22-17(9-13)18(14-4-5-14)25-20(26)16-11-23-19(24-12-16)15-3-2-7-21-10-15/h2-3,6-12,14,18H,4-5H2,1H3,(H,25,26)/t18-/m1/s1. The molecule has 0 aromatic carbocycles. The third-order valence-electron chi connectivity index (χ3n) is 4.47. The molecule has 0 spiro atoms. The van der Waals surface area contributed by atoms with E-state index in [1.807, 2.05) is 31.2 Å². The van der Waals surface area contributed by atoms with Crippen LogP contribution in [0.3, 0.4) is 0 Å². The molecule has 1 amide bonds. The largest absolute Gasteiger partial charge is 0.343 e. The Kier molecular flexibility index (Phi) is 4.39. The fraction of sp³-hybridized carbons (Fsp3) is 0.250. The van der Waals surface area contributed by atoms with Crippen LogP contribution < -0.4 is 5.32 Å². The van der Waals surface area contributed by atoms with Crippen molar-refractivity contribution in [1.29, 1.82) is 0 Å². The van der Waals surface area contributed by atoms with Crippen molar-refractivity contribution in [2.24, 2.45) is 5.92 Å². The van der Waals surface area contributed by atoms with Gasteiger partial charge in [-0.05, 0) is 55.5 Å². The van der Waals surface area contributed by atoms with Gasteiger partial charge < -0.3 is 5.32 Å². The summed E-state index contributed by atoms with van der Waals surface area (Å²) in [7, 11) is 0. The Balaban J connectivity index is 1.51. The Morgan fingerprint density at radius 1 is 1.12 bits per heavy atom. The monoisotopic (exact) mass is 345 g/mol. The van der Waals surface area contributed by atoms with E-state index < -0.39 is 0 Å². The maximum atomic E-state index is 12.7. The molecular formula is C20H19N5O. The van der Waals surface area contributed by atoms with E-state index in [1.165, 1.54) is 0 Å². The number of carbonyl (C=O) groups excluding carboxylic acids is 1. The van der Waals surface area contributed by atoms with Crippen molar-refractivity contribution in [3.63, 3.8) is 0 Å². The molecule has 6 heteroatoms. The molecule has 4 rings (SSSR count). The molecule has 3 aromatic rings. The van der Waals surface area contributed by atoms with E-state index in [0.29, 0.717) is 17.3 Å². The molecule has 3 aromatic heterocycles. The van der Waals surface area contributed by atoms with Crippen LogP contribution in [0.1, 0.15) is 40.5 Å². The minimum Gasteiger partial charge on any atom is -0.343 e. The SMILES string of the molecule is Cc1ccnc([C@H](NC(=O)c2cnc(-c3cccnc3)nc2)C2CC2)c1. The molecule has 0 unspecified atom stereocenters. The number of aryl methyl sites for hydroxylation is 1. The van der Waals surface area contributed by atoms with Crippen molar-refractivity contribution >= 4 is 5.91 Å². The van der Waals surface area contributed by atoms with Gasteiger partial charge in [0.25, 0.3) is 5.91 Å². The number of nitrogens with one attached hydrogen (secondary N) is 1. The number of pyridine rings is 2. The number of amides is 1. The fourth-order valence-electron chi connectivity index (χ4n) is 2.91. The van der Waals surface area contributed by atoms with Crippen molar-refractivity contribution in [1.82, 2.24) is 25.3 Å². The fourth-order valence-corrected chi connectivity index (χ4v) is 2.91. The number of hydrogen-bond donors (Lipinski definition) is 1. The summed E-state index contributed by atoms with van der Waals surface area (Å²) in [4.78, 5) is 29.8. The Hall–Kier alpha value is -3.15. The quantitative estimate of drug-likeness (QED) is 0.768. The summed E-state index contributed by atoms with van der Waals surface area (Å²) in [5.41, 5.74) is 3.31. The lowest BCUT2D eigenvalue weighted by Gasteiger charge is -2.18. The van der Waals surface area contributed by atoms with Gasteiger partial charge in [-0.25, -0.2) is 9.97 Å². The van der Waals surface area contributed by atoms with Crippen molar-refractivity contribution < 1.29 is 4.79 Å². The Morgan fingerprint density at radius 3 is 2.58 bits per heavy atom. The summed E-state index contributed by atoms with van der Waals surface area (Å²) in [6.07, 6.45) is 10.5. The summed E-state index contributed by atoms with van der Waals surface area (Å²) in [6, 6.07) is 7.63. The average Bonchev–Trinajstić information content (AvgIpc) is 3.52. The second kappa shape index (κ2) is 7.00. The molecule has 0 saturated heterocycles. The lowest BCUT2D eigenvalue weighted by molar-refractivity contribution is 0.0930. The summed E-state index contributed by atoms with van der Waals surface area (Å²) in [5, 5.41) is 3.10. The first kappa shape index (κ1) is 16.3. The highest BCUT2D eigenvalue weighted by Crippen LogP contribution is 2.40. The van der Waals surface area contributed by atoms with Gasteiger partial charge in [-0.3, -0.25) is 14.8 Å². The van der Waals surface area contributed by atoms with E-state index in [0.717, 1.165) is 29.7 Å².